The van der Waals surface area contributed by atoms with Crippen molar-refractivity contribution in [2.24, 2.45) is 0 Å². The fourth-order valence-corrected chi connectivity index (χ4v) is 2.16. The maximum absolute atomic E-state index is 11.7. The molecule has 2 heteroatoms. The summed E-state index contributed by atoms with van der Waals surface area (Å²) in [5, 5.41) is 2.94. The van der Waals surface area contributed by atoms with Gasteiger partial charge < -0.3 is 5.32 Å². The van der Waals surface area contributed by atoms with E-state index in [2.05, 4.69) is 18.3 Å². The molecule has 1 heterocycles. The van der Waals surface area contributed by atoms with Gasteiger partial charge >= 0.3 is 0 Å². The van der Waals surface area contributed by atoms with Crippen LogP contribution in [0.5, 0.6) is 0 Å². The first-order valence-electron chi connectivity index (χ1n) is 5.72. The number of nitrogens with one attached hydrogen (secondary N) is 1. The minimum absolute atomic E-state index is 0.0905. The molecular weight excluding hydrogens is 186 g/mol. The first-order chi connectivity index (χ1) is 7.33. The Morgan fingerprint density at radius 3 is 2.87 bits per heavy atom. The summed E-state index contributed by atoms with van der Waals surface area (Å²) in [4.78, 5) is 11.7. The highest BCUT2D eigenvalue weighted by atomic mass is 16.2. The molecule has 1 aromatic carbocycles. The predicted octanol–water partition coefficient (Wildman–Crippen LogP) is 3.30. The molecule has 2 rings (SSSR count). The summed E-state index contributed by atoms with van der Waals surface area (Å²) < 4.78 is 0. The van der Waals surface area contributed by atoms with E-state index in [1.54, 1.807) is 0 Å². The Kier molecular flexibility index (Phi) is 3.05. The van der Waals surface area contributed by atoms with E-state index in [1.165, 1.54) is 18.4 Å². The molecule has 0 saturated carbocycles. The van der Waals surface area contributed by atoms with Gasteiger partial charge in [0.1, 0.15) is 0 Å². The summed E-state index contributed by atoms with van der Waals surface area (Å²) in [5.41, 5.74) is 2.18. The number of carbonyl (C=O) groups excluding carboxylic acids is 1. The average Bonchev–Trinajstić information content (AvgIpc) is 2.56. The first-order valence-corrected chi connectivity index (χ1v) is 5.72. The lowest BCUT2D eigenvalue weighted by molar-refractivity contribution is -0.117. The van der Waals surface area contributed by atoms with Crippen molar-refractivity contribution in [3.05, 3.63) is 29.8 Å². The van der Waals surface area contributed by atoms with Crippen LogP contribution in [0.2, 0.25) is 0 Å². The van der Waals surface area contributed by atoms with Gasteiger partial charge in [-0.25, -0.2) is 0 Å². The Labute approximate surface area is 90.7 Å². The number of fused-ring (bicyclic) bond motifs is 1. The third-order valence-corrected chi connectivity index (χ3v) is 3.01. The molecule has 0 aliphatic carbocycles. The zero-order chi connectivity index (χ0) is 10.7. The molecule has 1 aromatic rings. The molecule has 15 heavy (non-hydrogen) atoms. The first kappa shape index (κ1) is 10.2. The zero-order valence-corrected chi connectivity index (χ0v) is 9.12. The number of hydrogen-bond acceptors (Lipinski definition) is 1. The SMILES string of the molecule is CCCCCC1C(=O)Nc2ccccc21. The van der Waals surface area contributed by atoms with Crippen LogP contribution in [0.25, 0.3) is 0 Å². The second-order valence-corrected chi connectivity index (χ2v) is 4.12. The molecule has 0 aromatic heterocycles. The van der Waals surface area contributed by atoms with Crippen molar-refractivity contribution in [3.63, 3.8) is 0 Å². The fraction of sp³-hybridized carbons (Fsp3) is 0.462. The Bertz CT molecular complexity index is 359. The molecule has 1 atom stereocenters. The van der Waals surface area contributed by atoms with Gasteiger partial charge in [0.15, 0.2) is 0 Å². The molecule has 1 unspecified atom stereocenters. The quantitative estimate of drug-likeness (QED) is 0.747. The second kappa shape index (κ2) is 4.47. The topological polar surface area (TPSA) is 29.1 Å². The van der Waals surface area contributed by atoms with Gasteiger partial charge in [0.25, 0.3) is 0 Å². The molecular formula is C13H17NO. The van der Waals surface area contributed by atoms with E-state index in [0.717, 1.165) is 18.5 Å². The van der Waals surface area contributed by atoms with Crippen molar-refractivity contribution in [1.29, 1.82) is 0 Å². The molecule has 1 N–H and O–H groups in total. The van der Waals surface area contributed by atoms with Gasteiger partial charge in [0, 0.05) is 5.69 Å². The predicted molar refractivity (Wildman–Crippen MR) is 62.0 cm³/mol. The zero-order valence-electron chi connectivity index (χ0n) is 9.12. The van der Waals surface area contributed by atoms with Crippen molar-refractivity contribution in [2.75, 3.05) is 5.32 Å². The number of unbranched alkanes of at least 4 members (excludes halogenated alkanes) is 2. The van der Waals surface area contributed by atoms with Crippen LogP contribution in [0, 0.1) is 0 Å². The molecule has 0 bridgehead atoms. The van der Waals surface area contributed by atoms with Gasteiger partial charge in [-0.05, 0) is 18.1 Å². The van der Waals surface area contributed by atoms with Crippen molar-refractivity contribution in [2.45, 2.75) is 38.5 Å². The van der Waals surface area contributed by atoms with Gasteiger partial charge in [-0.3, -0.25) is 4.79 Å². The maximum atomic E-state index is 11.7. The Balaban J connectivity index is 2.08. The minimum Gasteiger partial charge on any atom is -0.325 e. The monoisotopic (exact) mass is 203 g/mol. The Morgan fingerprint density at radius 1 is 1.27 bits per heavy atom. The number of para-hydroxylation sites is 1. The summed E-state index contributed by atoms with van der Waals surface area (Å²) in [6.45, 7) is 2.18. The number of benzene rings is 1. The van der Waals surface area contributed by atoms with E-state index >= 15 is 0 Å². The van der Waals surface area contributed by atoms with Crippen LogP contribution in [0.15, 0.2) is 24.3 Å². The molecule has 0 radical (unpaired) electrons. The van der Waals surface area contributed by atoms with Crippen LogP contribution in [0.3, 0.4) is 0 Å². The summed E-state index contributed by atoms with van der Waals surface area (Å²) in [6, 6.07) is 8.01. The second-order valence-electron chi connectivity index (χ2n) is 4.12. The summed E-state index contributed by atoms with van der Waals surface area (Å²) >= 11 is 0. The molecule has 80 valence electrons. The van der Waals surface area contributed by atoms with Crippen LogP contribution < -0.4 is 5.32 Å². The smallest absolute Gasteiger partial charge is 0.232 e. The van der Waals surface area contributed by atoms with E-state index in [0.29, 0.717) is 0 Å². The van der Waals surface area contributed by atoms with E-state index in [4.69, 9.17) is 0 Å². The minimum atomic E-state index is 0.0905. The van der Waals surface area contributed by atoms with Crippen LogP contribution in [-0.2, 0) is 4.79 Å². The maximum Gasteiger partial charge on any atom is 0.232 e. The number of hydrogen-bond donors (Lipinski definition) is 1. The molecule has 1 amide bonds. The van der Waals surface area contributed by atoms with Crippen molar-refractivity contribution in [1.82, 2.24) is 0 Å². The molecule has 0 fully saturated rings. The van der Waals surface area contributed by atoms with Gasteiger partial charge in [-0.2, -0.15) is 0 Å². The third-order valence-electron chi connectivity index (χ3n) is 3.01. The highest BCUT2D eigenvalue weighted by Gasteiger charge is 2.28. The lowest BCUT2D eigenvalue weighted by Gasteiger charge is -2.07. The third kappa shape index (κ3) is 2.04. The van der Waals surface area contributed by atoms with Crippen molar-refractivity contribution < 1.29 is 4.79 Å². The Hall–Kier alpha value is -1.31. The fourth-order valence-electron chi connectivity index (χ4n) is 2.16. The normalized spacial score (nSPS) is 18.7. The van der Waals surface area contributed by atoms with Crippen molar-refractivity contribution >= 4 is 11.6 Å². The van der Waals surface area contributed by atoms with Gasteiger partial charge in [0.05, 0.1) is 5.92 Å². The van der Waals surface area contributed by atoms with Crippen LogP contribution >= 0.6 is 0 Å². The van der Waals surface area contributed by atoms with Gasteiger partial charge in [-0.15, -0.1) is 0 Å². The van der Waals surface area contributed by atoms with Gasteiger partial charge in [0.2, 0.25) is 5.91 Å². The van der Waals surface area contributed by atoms with Crippen LogP contribution in [0.4, 0.5) is 5.69 Å². The summed E-state index contributed by atoms with van der Waals surface area (Å²) in [5.74, 6) is 0.264. The summed E-state index contributed by atoms with van der Waals surface area (Å²) in [7, 11) is 0. The van der Waals surface area contributed by atoms with Crippen LogP contribution in [-0.4, -0.2) is 5.91 Å². The number of rotatable bonds is 4. The average molecular weight is 203 g/mol. The molecule has 1 aliphatic rings. The molecule has 2 nitrogen and oxygen atoms in total. The lowest BCUT2D eigenvalue weighted by atomic mass is 9.95. The van der Waals surface area contributed by atoms with E-state index in [1.807, 2.05) is 18.2 Å². The lowest BCUT2D eigenvalue weighted by Crippen LogP contribution is -2.11. The number of amides is 1. The van der Waals surface area contributed by atoms with E-state index < -0.39 is 0 Å². The van der Waals surface area contributed by atoms with Crippen molar-refractivity contribution in [3.8, 4) is 0 Å². The molecule has 1 aliphatic heterocycles. The standard InChI is InChI=1S/C13H17NO/c1-2-3-4-8-11-10-7-5-6-9-12(10)14-13(11)15/h5-7,9,11H,2-4,8H2,1H3,(H,14,15). The highest BCUT2D eigenvalue weighted by Crippen LogP contribution is 2.35. The number of carbonyl (C=O) groups is 1. The highest BCUT2D eigenvalue weighted by molar-refractivity contribution is 6.02. The van der Waals surface area contributed by atoms with E-state index in [9.17, 15) is 4.79 Å². The molecule has 0 spiro atoms. The largest absolute Gasteiger partial charge is 0.325 e. The van der Waals surface area contributed by atoms with Crippen LogP contribution in [0.1, 0.15) is 44.1 Å². The molecule has 0 saturated heterocycles. The van der Waals surface area contributed by atoms with E-state index in [-0.39, 0.29) is 11.8 Å². The van der Waals surface area contributed by atoms with Gasteiger partial charge in [-0.1, -0.05) is 44.4 Å². The number of anilines is 1. The Morgan fingerprint density at radius 2 is 2.07 bits per heavy atom. The summed E-state index contributed by atoms with van der Waals surface area (Å²) in [6.07, 6.45) is 4.54.